The summed E-state index contributed by atoms with van der Waals surface area (Å²) in [6.45, 7) is 2.69. The monoisotopic (exact) mass is 284 g/mol. The Morgan fingerprint density at radius 2 is 2.32 bits per heavy atom. The molecular formula is C13H17ClN2O3. The van der Waals surface area contributed by atoms with Crippen molar-refractivity contribution >= 4 is 23.0 Å². The van der Waals surface area contributed by atoms with Crippen molar-refractivity contribution in [1.29, 1.82) is 0 Å². The SMILES string of the molecule is CC1OCCC1N(C)c1ccc(CCl)cc1[N+](=O)[O-]. The van der Waals surface area contributed by atoms with Crippen LogP contribution < -0.4 is 4.90 Å². The van der Waals surface area contributed by atoms with Crippen molar-refractivity contribution in [3.8, 4) is 0 Å². The van der Waals surface area contributed by atoms with Crippen LogP contribution in [0.15, 0.2) is 18.2 Å². The highest BCUT2D eigenvalue weighted by Gasteiger charge is 2.31. The fourth-order valence-corrected chi connectivity index (χ4v) is 2.67. The Morgan fingerprint density at radius 1 is 1.58 bits per heavy atom. The van der Waals surface area contributed by atoms with Gasteiger partial charge in [0.2, 0.25) is 0 Å². The van der Waals surface area contributed by atoms with Gasteiger partial charge >= 0.3 is 0 Å². The molecule has 1 saturated heterocycles. The lowest BCUT2D eigenvalue weighted by molar-refractivity contribution is -0.384. The molecule has 0 spiro atoms. The predicted octanol–water partition coefficient (Wildman–Crippen LogP) is 2.95. The highest BCUT2D eigenvalue weighted by atomic mass is 35.5. The van der Waals surface area contributed by atoms with Crippen LogP contribution in [0, 0.1) is 10.1 Å². The van der Waals surface area contributed by atoms with Gasteiger partial charge in [0, 0.05) is 25.6 Å². The van der Waals surface area contributed by atoms with Crippen LogP contribution in [0.2, 0.25) is 0 Å². The van der Waals surface area contributed by atoms with E-state index in [-0.39, 0.29) is 28.6 Å². The van der Waals surface area contributed by atoms with Crippen molar-refractivity contribution in [3.63, 3.8) is 0 Å². The van der Waals surface area contributed by atoms with Gasteiger partial charge in [-0.3, -0.25) is 10.1 Å². The van der Waals surface area contributed by atoms with Crippen LogP contribution in [0.4, 0.5) is 11.4 Å². The van der Waals surface area contributed by atoms with E-state index in [2.05, 4.69) is 0 Å². The zero-order valence-electron chi connectivity index (χ0n) is 11.0. The molecule has 0 bridgehead atoms. The second kappa shape index (κ2) is 5.75. The number of nitro benzene ring substituents is 1. The van der Waals surface area contributed by atoms with Gasteiger partial charge in [-0.15, -0.1) is 11.6 Å². The van der Waals surface area contributed by atoms with E-state index < -0.39 is 0 Å². The zero-order valence-corrected chi connectivity index (χ0v) is 11.8. The van der Waals surface area contributed by atoms with Gasteiger partial charge in [0.25, 0.3) is 5.69 Å². The normalized spacial score (nSPS) is 22.5. The molecule has 0 saturated carbocycles. The van der Waals surface area contributed by atoms with Crippen LogP contribution in [0.1, 0.15) is 18.9 Å². The summed E-state index contributed by atoms with van der Waals surface area (Å²) >= 11 is 5.73. The number of likely N-dealkylation sites (N-methyl/N-ethyl adjacent to an activating group) is 1. The van der Waals surface area contributed by atoms with Crippen LogP contribution in [0.5, 0.6) is 0 Å². The van der Waals surface area contributed by atoms with Crippen LogP contribution in [0.25, 0.3) is 0 Å². The van der Waals surface area contributed by atoms with Crippen molar-refractivity contribution in [3.05, 3.63) is 33.9 Å². The molecule has 19 heavy (non-hydrogen) atoms. The number of halogens is 1. The number of hydrogen-bond donors (Lipinski definition) is 0. The minimum atomic E-state index is -0.359. The summed E-state index contributed by atoms with van der Waals surface area (Å²) in [6.07, 6.45) is 0.962. The molecule has 1 aliphatic heterocycles. The van der Waals surface area contributed by atoms with Crippen LogP contribution in [-0.2, 0) is 10.6 Å². The van der Waals surface area contributed by atoms with Crippen LogP contribution >= 0.6 is 11.6 Å². The Labute approximate surface area is 117 Å². The number of alkyl halides is 1. The molecule has 5 nitrogen and oxygen atoms in total. The largest absolute Gasteiger partial charge is 0.376 e. The van der Waals surface area contributed by atoms with Gasteiger partial charge in [-0.2, -0.15) is 0 Å². The number of nitro groups is 1. The summed E-state index contributed by atoms with van der Waals surface area (Å²) in [7, 11) is 1.87. The van der Waals surface area contributed by atoms with Gasteiger partial charge in [-0.25, -0.2) is 0 Å². The van der Waals surface area contributed by atoms with E-state index in [1.54, 1.807) is 12.1 Å². The highest BCUT2D eigenvalue weighted by molar-refractivity contribution is 6.17. The molecule has 1 fully saturated rings. The summed E-state index contributed by atoms with van der Waals surface area (Å²) in [5, 5.41) is 11.2. The van der Waals surface area contributed by atoms with Gasteiger partial charge < -0.3 is 9.64 Å². The third-order valence-corrected chi connectivity index (χ3v) is 3.91. The summed E-state index contributed by atoms with van der Waals surface area (Å²) in [5.74, 6) is 0.272. The van der Waals surface area contributed by atoms with Gasteiger partial charge in [-0.1, -0.05) is 6.07 Å². The number of rotatable bonds is 4. The molecular weight excluding hydrogens is 268 g/mol. The number of hydrogen-bond acceptors (Lipinski definition) is 4. The molecule has 1 aromatic rings. The highest BCUT2D eigenvalue weighted by Crippen LogP contribution is 2.33. The lowest BCUT2D eigenvalue weighted by Gasteiger charge is -2.28. The van der Waals surface area contributed by atoms with Crippen LogP contribution in [-0.4, -0.2) is 30.7 Å². The second-order valence-corrected chi connectivity index (χ2v) is 5.02. The van der Waals surface area contributed by atoms with E-state index in [1.165, 1.54) is 0 Å². The molecule has 1 aliphatic rings. The zero-order chi connectivity index (χ0) is 14.0. The van der Waals surface area contributed by atoms with E-state index in [1.807, 2.05) is 24.9 Å². The number of anilines is 1. The van der Waals surface area contributed by atoms with Crippen molar-refractivity contribution in [2.75, 3.05) is 18.6 Å². The van der Waals surface area contributed by atoms with Crippen molar-refractivity contribution < 1.29 is 9.66 Å². The lowest BCUT2D eigenvalue weighted by atomic mass is 10.1. The fourth-order valence-electron chi connectivity index (χ4n) is 2.50. The molecule has 0 aromatic heterocycles. The summed E-state index contributed by atoms with van der Waals surface area (Å²) < 4.78 is 5.52. The molecule has 104 valence electrons. The third kappa shape index (κ3) is 2.82. The van der Waals surface area contributed by atoms with E-state index in [0.29, 0.717) is 12.3 Å². The summed E-state index contributed by atoms with van der Waals surface area (Å²) in [6, 6.07) is 5.30. The fraction of sp³-hybridized carbons (Fsp3) is 0.538. The predicted molar refractivity (Wildman–Crippen MR) is 74.9 cm³/mol. The Balaban J connectivity index is 2.35. The minimum absolute atomic E-state index is 0.0808. The molecule has 0 radical (unpaired) electrons. The minimum Gasteiger partial charge on any atom is -0.376 e. The standard InChI is InChI=1S/C13H17ClN2O3/c1-9-11(5-6-19-9)15(2)12-4-3-10(8-14)7-13(12)16(17)18/h3-4,7,9,11H,5-6,8H2,1-2H3. The first kappa shape index (κ1) is 14.1. The van der Waals surface area contributed by atoms with Gasteiger partial charge in [0.05, 0.1) is 17.1 Å². The number of ether oxygens (including phenoxy) is 1. The quantitative estimate of drug-likeness (QED) is 0.485. The first-order valence-electron chi connectivity index (χ1n) is 6.22. The van der Waals surface area contributed by atoms with E-state index >= 15 is 0 Å². The maximum atomic E-state index is 11.2. The molecule has 6 heteroatoms. The molecule has 1 aromatic carbocycles. The average Bonchev–Trinajstić information content (AvgIpc) is 2.83. The van der Waals surface area contributed by atoms with Crippen molar-refractivity contribution in [2.24, 2.45) is 0 Å². The van der Waals surface area contributed by atoms with Crippen molar-refractivity contribution in [2.45, 2.75) is 31.4 Å². The molecule has 1 heterocycles. The van der Waals surface area contributed by atoms with Gasteiger partial charge in [-0.05, 0) is 25.0 Å². The lowest BCUT2D eigenvalue weighted by Crippen LogP contribution is -2.37. The first-order chi connectivity index (χ1) is 9.04. The summed E-state index contributed by atoms with van der Waals surface area (Å²) in [5.41, 5.74) is 1.46. The number of nitrogens with zero attached hydrogens (tertiary/aromatic N) is 2. The van der Waals surface area contributed by atoms with Crippen molar-refractivity contribution in [1.82, 2.24) is 0 Å². The van der Waals surface area contributed by atoms with Crippen LogP contribution in [0.3, 0.4) is 0 Å². The molecule has 0 aliphatic carbocycles. The molecule has 0 N–H and O–H groups in total. The Hall–Kier alpha value is -1.33. The van der Waals surface area contributed by atoms with E-state index in [4.69, 9.17) is 16.3 Å². The van der Waals surface area contributed by atoms with Gasteiger partial charge in [0.15, 0.2) is 0 Å². The smallest absolute Gasteiger partial charge is 0.292 e. The number of benzene rings is 1. The summed E-state index contributed by atoms with van der Waals surface area (Å²) in [4.78, 5) is 12.8. The van der Waals surface area contributed by atoms with Gasteiger partial charge in [0.1, 0.15) is 5.69 Å². The van der Waals surface area contributed by atoms with E-state index in [9.17, 15) is 10.1 Å². The van der Waals surface area contributed by atoms with E-state index in [0.717, 1.165) is 12.0 Å². The maximum absolute atomic E-state index is 11.2. The Morgan fingerprint density at radius 3 is 2.84 bits per heavy atom. The third-order valence-electron chi connectivity index (χ3n) is 3.60. The Bertz CT molecular complexity index is 481. The molecule has 0 amide bonds. The molecule has 2 rings (SSSR count). The topological polar surface area (TPSA) is 55.6 Å². The first-order valence-corrected chi connectivity index (χ1v) is 6.75. The molecule has 2 unspecified atom stereocenters. The average molecular weight is 285 g/mol. The maximum Gasteiger partial charge on any atom is 0.292 e. The second-order valence-electron chi connectivity index (χ2n) is 4.76. The molecule has 2 atom stereocenters. The Kier molecular flexibility index (Phi) is 4.27.